The molecule has 2 amide bonds. The van der Waals surface area contributed by atoms with Crippen molar-refractivity contribution >= 4 is 23.6 Å². The largest absolute Gasteiger partial charge is 0.496 e. The fourth-order valence-electron chi connectivity index (χ4n) is 3.56. The lowest BCUT2D eigenvalue weighted by molar-refractivity contribution is -0.137. The molecule has 0 aliphatic carbocycles. The minimum Gasteiger partial charge on any atom is -0.496 e. The molecular formula is C18H24N2O3S. The molecule has 0 aromatic heterocycles. The predicted octanol–water partition coefficient (Wildman–Crippen LogP) is 2.12. The maximum absolute atomic E-state index is 12.5. The van der Waals surface area contributed by atoms with Crippen molar-refractivity contribution in [3.05, 3.63) is 29.3 Å². The van der Waals surface area contributed by atoms with E-state index in [0.717, 1.165) is 17.7 Å². The van der Waals surface area contributed by atoms with Crippen molar-refractivity contribution in [2.75, 3.05) is 19.4 Å². The third kappa shape index (κ3) is 3.11. The van der Waals surface area contributed by atoms with Gasteiger partial charge in [0.05, 0.1) is 12.0 Å². The first-order valence-electron chi connectivity index (χ1n) is 8.32. The number of benzene rings is 1. The molecule has 6 heteroatoms. The van der Waals surface area contributed by atoms with Gasteiger partial charge in [-0.15, -0.1) is 11.8 Å². The zero-order valence-corrected chi connectivity index (χ0v) is 15.2. The van der Waals surface area contributed by atoms with E-state index in [1.165, 1.54) is 5.56 Å². The van der Waals surface area contributed by atoms with Crippen LogP contribution in [0.4, 0.5) is 0 Å². The minimum absolute atomic E-state index is 0.0481. The van der Waals surface area contributed by atoms with Gasteiger partial charge >= 0.3 is 0 Å². The van der Waals surface area contributed by atoms with Gasteiger partial charge in [-0.2, -0.15) is 0 Å². The Morgan fingerprint density at radius 2 is 2.29 bits per heavy atom. The predicted molar refractivity (Wildman–Crippen MR) is 95.2 cm³/mol. The summed E-state index contributed by atoms with van der Waals surface area (Å²) in [4.78, 5) is 26.2. The third-order valence-electron chi connectivity index (χ3n) is 4.88. The van der Waals surface area contributed by atoms with E-state index in [1.807, 2.05) is 19.1 Å². The zero-order valence-electron chi connectivity index (χ0n) is 14.4. The highest BCUT2D eigenvalue weighted by Crippen LogP contribution is 2.47. The zero-order chi connectivity index (χ0) is 17.3. The molecule has 2 saturated heterocycles. The number of ether oxygens (including phenoxy) is 1. The molecule has 0 saturated carbocycles. The van der Waals surface area contributed by atoms with Crippen LogP contribution >= 0.6 is 11.8 Å². The van der Waals surface area contributed by atoms with Gasteiger partial charge in [-0.25, -0.2) is 0 Å². The summed E-state index contributed by atoms with van der Waals surface area (Å²) in [5.41, 5.74) is 2.25. The van der Waals surface area contributed by atoms with Gasteiger partial charge in [-0.1, -0.05) is 17.7 Å². The highest BCUT2D eigenvalue weighted by Gasteiger charge is 2.52. The van der Waals surface area contributed by atoms with Gasteiger partial charge in [0.2, 0.25) is 11.8 Å². The van der Waals surface area contributed by atoms with Crippen LogP contribution in [-0.4, -0.2) is 47.0 Å². The number of rotatable bonds is 5. The van der Waals surface area contributed by atoms with Gasteiger partial charge in [0.1, 0.15) is 11.8 Å². The standard InChI is InChI=1S/C18H24N2O3S/c1-12-4-5-15(23-3)13(10-12)7-9-19-17(22)14-11-24-18(2)8-6-16(21)20(14)18/h4-5,10,14H,6-9,11H2,1-3H3,(H,19,22). The van der Waals surface area contributed by atoms with Gasteiger partial charge in [0.25, 0.3) is 0 Å². The van der Waals surface area contributed by atoms with Crippen molar-refractivity contribution in [2.45, 2.75) is 44.0 Å². The molecule has 2 aliphatic heterocycles. The minimum atomic E-state index is -0.339. The smallest absolute Gasteiger partial charge is 0.243 e. The van der Waals surface area contributed by atoms with Gasteiger partial charge in [0.15, 0.2) is 0 Å². The molecule has 2 atom stereocenters. The first-order valence-corrected chi connectivity index (χ1v) is 9.30. The number of hydrogen-bond acceptors (Lipinski definition) is 4. The highest BCUT2D eigenvalue weighted by atomic mass is 32.2. The summed E-state index contributed by atoms with van der Waals surface area (Å²) in [6, 6.07) is 5.71. The maximum atomic E-state index is 12.5. The summed E-state index contributed by atoms with van der Waals surface area (Å²) in [6.07, 6.45) is 2.09. The Bertz CT molecular complexity index is 664. The van der Waals surface area contributed by atoms with Gasteiger partial charge in [0, 0.05) is 18.7 Å². The average molecular weight is 348 g/mol. The summed E-state index contributed by atoms with van der Waals surface area (Å²) in [5.74, 6) is 1.58. The first-order chi connectivity index (χ1) is 11.4. The summed E-state index contributed by atoms with van der Waals surface area (Å²) in [7, 11) is 1.66. The first kappa shape index (κ1) is 17.1. The van der Waals surface area contributed by atoms with Crippen LogP contribution in [0.2, 0.25) is 0 Å². The Morgan fingerprint density at radius 3 is 3.04 bits per heavy atom. The SMILES string of the molecule is COc1ccc(C)cc1CCNC(=O)C1CSC2(C)CCC(=O)N12. The Hall–Kier alpha value is -1.69. The molecule has 2 aliphatic rings. The molecule has 3 rings (SSSR count). The maximum Gasteiger partial charge on any atom is 0.243 e. The van der Waals surface area contributed by atoms with Crippen LogP contribution in [-0.2, 0) is 16.0 Å². The molecule has 0 spiro atoms. The molecule has 0 radical (unpaired) electrons. The van der Waals surface area contributed by atoms with Crippen LogP contribution in [0.5, 0.6) is 5.75 Å². The molecule has 1 aromatic carbocycles. The Morgan fingerprint density at radius 1 is 1.50 bits per heavy atom. The highest BCUT2D eigenvalue weighted by molar-refractivity contribution is 8.01. The Labute approximate surface area is 147 Å². The van der Waals surface area contributed by atoms with E-state index in [9.17, 15) is 9.59 Å². The van der Waals surface area contributed by atoms with Crippen LogP contribution in [0.3, 0.4) is 0 Å². The summed E-state index contributed by atoms with van der Waals surface area (Å²) < 4.78 is 5.37. The lowest BCUT2D eigenvalue weighted by Gasteiger charge is -2.29. The van der Waals surface area contributed by atoms with E-state index in [1.54, 1.807) is 23.8 Å². The van der Waals surface area contributed by atoms with Crippen molar-refractivity contribution in [1.82, 2.24) is 10.2 Å². The van der Waals surface area contributed by atoms with Crippen molar-refractivity contribution in [3.8, 4) is 5.75 Å². The monoisotopic (exact) mass is 348 g/mol. The van der Waals surface area contributed by atoms with Crippen LogP contribution in [0.15, 0.2) is 18.2 Å². The van der Waals surface area contributed by atoms with Crippen molar-refractivity contribution in [3.63, 3.8) is 0 Å². The number of hydrogen-bond donors (Lipinski definition) is 1. The van der Waals surface area contributed by atoms with E-state index >= 15 is 0 Å². The normalized spacial score (nSPS) is 25.7. The number of nitrogens with one attached hydrogen (secondary N) is 1. The van der Waals surface area contributed by atoms with Gasteiger partial charge in [-0.05, 0) is 38.3 Å². The van der Waals surface area contributed by atoms with E-state index in [4.69, 9.17) is 4.74 Å². The lowest BCUT2D eigenvalue weighted by Crippen LogP contribution is -2.50. The van der Waals surface area contributed by atoms with E-state index in [-0.39, 0.29) is 22.7 Å². The quantitative estimate of drug-likeness (QED) is 0.885. The van der Waals surface area contributed by atoms with Gasteiger partial charge < -0.3 is 15.0 Å². The number of amides is 2. The average Bonchev–Trinajstić information content (AvgIpc) is 3.04. The molecule has 130 valence electrons. The fraction of sp³-hybridized carbons (Fsp3) is 0.556. The number of thioether (sulfide) groups is 1. The fourth-order valence-corrected chi connectivity index (χ4v) is 4.99. The third-order valence-corrected chi connectivity index (χ3v) is 6.38. The topological polar surface area (TPSA) is 58.6 Å². The second kappa shape index (κ2) is 6.67. The molecule has 24 heavy (non-hydrogen) atoms. The summed E-state index contributed by atoms with van der Waals surface area (Å²) in [6.45, 7) is 4.64. The molecule has 5 nitrogen and oxygen atoms in total. The van der Waals surface area contributed by atoms with Crippen LogP contribution in [0.25, 0.3) is 0 Å². The summed E-state index contributed by atoms with van der Waals surface area (Å²) >= 11 is 1.72. The van der Waals surface area contributed by atoms with E-state index in [2.05, 4.69) is 18.3 Å². The Kier molecular flexibility index (Phi) is 4.76. The number of fused-ring (bicyclic) bond motifs is 1. The second-order valence-corrected chi connectivity index (χ2v) is 8.12. The molecule has 0 bridgehead atoms. The van der Waals surface area contributed by atoms with Crippen molar-refractivity contribution in [1.29, 1.82) is 0 Å². The van der Waals surface area contributed by atoms with Crippen molar-refractivity contribution < 1.29 is 14.3 Å². The van der Waals surface area contributed by atoms with Crippen LogP contribution < -0.4 is 10.1 Å². The number of carbonyl (C=O) groups is 2. The molecular weight excluding hydrogens is 324 g/mol. The number of aryl methyl sites for hydroxylation is 1. The van der Waals surface area contributed by atoms with Crippen LogP contribution in [0, 0.1) is 6.92 Å². The number of methoxy groups -OCH3 is 1. The molecule has 2 fully saturated rings. The Balaban J connectivity index is 1.59. The molecule has 2 heterocycles. The van der Waals surface area contributed by atoms with E-state index < -0.39 is 0 Å². The van der Waals surface area contributed by atoms with Crippen LogP contribution in [0.1, 0.15) is 30.9 Å². The van der Waals surface area contributed by atoms with E-state index in [0.29, 0.717) is 25.1 Å². The molecule has 2 unspecified atom stereocenters. The molecule has 1 N–H and O–H groups in total. The number of carbonyl (C=O) groups excluding carboxylic acids is 2. The van der Waals surface area contributed by atoms with Gasteiger partial charge in [-0.3, -0.25) is 9.59 Å². The summed E-state index contributed by atoms with van der Waals surface area (Å²) in [5, 5.41) is 2.99. The second-order valence-electron chi connectivity index (χ2n) is 6.62. The number of nitrogens with zero attached hydrogens (tertiary/aromatic N) is 1. The molecule has 1 aromatic rings. The van der Waals surface area contributed by atoms with Crippen molar-refractivity contribution in [2.24, 2.45) is 0 Å². The lowest BCUT2D eigenvalue weighted by atomic mass is 10.1.